The van der Waals surface area contributed by atoms with E-state index in [1.165, 1.54) is 36.0 Å². The van der Waals surface area contributed by atoms with E-state index in [-0.39, 0.29) is 0 Å². The summed E-state index contributed by atoms with van der Waals surface area (Å²) in [6, 6.07) is 9.33. The third-order valence-electron chi connectivity index (χ3n) is 3.93. The molecule has 1 heterocycles. The second-order valence-corrected chi connectivity index (χ2v) is 5.80. The largest absolute Gasteiger partial charge is 0.314 e. The number of nitrogens with one attached hydrogen (secondary N) is 1. The fourth-order valence-corrected chi connectivity index (χ4v) is 2.47. The van der Waals surface area contributed by atoms with Gasteiger partial charge in [0.15, 0.2) is 0 Å². The van der Waals surface area contributed by atoms with Crippen LogP contribution in [0.2, 0.25) is 0 Å². The average Bonchev–Trinajstić information content (AvgIpc) is 3.17. The molecule has 0 bridgehead atoms. The molecule has 0 atom stereocenters. The van der Waals surface area contributed by atoms with Crippen LogP contribution >= 0.6 is 0 Å². The van der Waals surface area contributed by atoms with E-state index in [1.807, 2.05) is 10.9 Å². The maximum Gasteiger partial charge on any atom is 0.0662 e. The van der Waals surface area contributed by atoms with E-state index in [9.17, 15) is 0 Å². The Kier molecular flexibility index (Phi) is 4.16. The zero-order valence-electron chi connectivity index (χ0n) is 12.2. The Bertz CT molecular complexity index is 555. The van der Waals surface area contributed by atoms with Crippen molar-refractivity contribution < 1.29 is 0 Å². The lowest BCUT2D eigenvalue weighted by molar-refractivity contribution is 0.644. The van der Waals surface area contributed by atoms with Crippen molar-refractivity contribution in [3.63, 3.8) is 0 Å². The highest BCUT2D eigenvalue weighted by Crippen LogP contribution is 2.18. The van der Waals surface area contributed by atoms with E-state index in [0.717, 1.165) is 25.6 Å². The van der Waals surface area contributed by atoms with Gasteiger partial charge in [-0.2, -0.15) is 5.10 Å². The lowest BCUT2D eigenvalue weighted by Gasteiger charge is -2.05. The van der Waals surface area contributed by atoms with Crippen LogP contribution in [0.4, 0.5) is 0 Å². The lowest BCUT2D eigenvalue weighted by atomic mass is 10.1. The Morgan fingerprint density at radius 1 is 1.30 bits per heavy atom. The Hall–Kier alpha value is -1.61. The van der Waals surface area contributed by atoms with Gasteiger partial charge in [0.2, 0.25) is 0 Å². The van der Waals surface area contributed by atoms with Crippen LogP contribution in [0, 0.1) is 6.92 Å². The quantitative estimate of drug-likeness (QED) is 0.783. The molecule has 0 unspecified atom stereocenters. The van der Waals surface area contributed by atoms with Crippen LogP contribution in [0.25, 0.3) is 0 Å². The monoisotopic (exact) mass is 269 g/mol. The van der Waals surface area contributed by atoms with Gasteiger partial charge in [-0.25, -0.2) is 0 Å². The number of nitrogens with zero attached hydrogens (tertiary/aromatic N) is 2. The van der Waals surface area contributed by atoms with Gasteiger partial charge < -0.3 is 5.32 Å². The normalized spacial score (nSPS) is 14.7. The minimum absolute atomic E-state index is 0.818. The number of rotatable bonds is 7. The maximum atomic E-state index is 4.48. The van der Waals surface area contributed by atoms with Crippen molar-refractivity contribution in [3.8, 4) is 0 Å². The van der Waals surface area contributed by atoms with E-state index in [2.05, 4.69) is 47.8 Å². The molecule has 1 fully saturated rings. The second kappa shape index (κ2) is 6.23. The molecule has 0 radical (unpaired) electrons. The Morgan fingerprint density at radius 3 is 2.95 bits per heavy atom. The first-order valence-electron chi connectivity index (χ1n) is 7.60. The van der Waals surface area contributed by atoms with Crippen LogP contribution in [0.5, 0.6) is 0 Å². The fraction of sp³-hybridized carbons (Fsp3) is 0.471. The molecule has 3 nitrogen and oxygen atoms in total. The van der Waals surface area contributed by atoms with Gasteiger partial charge >= 0.3 is 0 Å². The molecule has 3 rings (SSSR count). The van der Waals surface area contributed by atoms with E-state index in [4.69, 9.17) is 0 Å². The average molecular weight is 269 g/mol. The van der Waals surface area contributed by atoms with Crippen molar-refractivity contribution in [3.05, 3.63) is 53.3 Å². The van der Waals surface area contributed by atoms with Crippen LogP contribution in [-0.2, 0) is 13.0 Å². The molecular weight excluding hydrogens is 246 g/mol. The van der Waals surface area contributed by atoms with Gasteiger partial charge in [0, 0.05) is 12.2 Å². The summed E-state index contributed by atoms with van der Waals surface area (Å²) >= 11 is 0. The van der Waals surface area contributed by atoms with E-state index in [1.54, 1.807) is 0 Å². The van der Waals surface area contributed by atoms with Gasteiger partial charge in [-0.15, -0.1) is 0 Å². The first-order chi connectivity index (χ1) is 9.81. The first-order valence-corrected chi connectivity index (χ1v) is 7.60. The van der Waals surface area contributed by atoms with Gasteiger partial charge in [0.1, 0.15) is 0 Å². The van der Waals surface area contributed by atoms with Gasteiger partial charge in [-0.1, -0.05) is 24.3 Å². The third-order valence-corrected chi connectivity index (χ3v) is 3.93. The molecular formula is C17H23N3. The highest BCUT2D eigenvalue weighted by atomic mass is 15.3. The molecule has 2 aromatic rings. The lowest BCUT2D eigenvalue weighted by Crippen LogP contribution is -2.17. The molecule has 1 aromatic heterocycles. The van der Waals surface area contributed by atoms with Crippen molar-refractivity contribution in [2.45, 2.75) is 45.2 Å². The smallest absolute Gasteiger partial charge is 0.0662 e. The van der Waals surface area contributed by atoms with Crippen LogP contribution in [0.1, 0.15) is 36.0 Å². The molecule has 1 aliphatic rings. The molecule has 0 spiro atoms. The molecule has 1 N–H and O–H groups in total. The minimum atomic E-state index is 0.818. The summed E-state index contributed by atoms with van der Waals surface area (Å²) in [6.45, 7) is 4.16. The van der Waals surface area contributed by atoms with Gasteiger partial charge in [-0.05, 0) is 55.8 Å². The number of aryl methyl sites for hydroxylation is 2. The molecule has 1 aromatic carbocycles. The number of benzene rings is 1. The zero-order chi connectivity index (χ0) is 13.8. The molecule has 106 valence electrons. The third kappa shape index (κ3) is 3.70. The second-order valence-electron chi connectivity index (χ2n) is 5.80. The zero-order valence-corrected chi connectivity index (χ0v) is 12.2. The standard InChI is InChI=1S/C17H23N3/c1-14-5-2-3-7-16(14)13-20-12-15(11-19-20)6-4-10-18-17-8-9-17/h2-3,5,7,11-12,17-18H,4,6,8-10,13H2,1H3. The van der Waals surface area contributed by atoms with Crippen molar-refractivity contribution >= 4 is 0 Å². The number of hydrogen-bond acceptors (Lipinski definition) is 2. The molecule has 0 saturated heterocycles. The van der Waals surface area contributed by atoms with Crippen LogP contribution in [-0.4, -0.2) is 22.4 Å². The summed E-state index contributed by atoms with van der Waals surface area (Å²) in [7, 11) is 0. The Labute approximate surface area is 121 Å². The summed E-state index contributed by atoms with van der Waals surface area (Å²) in [5, 5.41) is 8.03. The molecule has 20 heavy (non-hydrogen) atoms. The van der Waals surface area contributed by atoms with Gasteiger partial charge in [-0.3, -0.25) is 4.68 Å². The molecule has 1 aliphatic carbocycles. The predicted molar refractivity (Wildman–Crippen MR) is 81.9 cm³/mol. The van der Waals surface area contributed by atoms with E-state index < -0.39 is 0 Å². The topological polar surface area (TPSA) is 29.9 Å². The number of aromatic nitrogens is 2. The first kappa shape index (κ1) is 13.4. The fourth-order valence-electron chi connectivity index (χ4n) is 2.47. The van der Waals surface area contributed by atoms with E-state index >= 15 is 0 Å². The number of hydrogen-bond donors (Lipinski definition) is 1. The molecule has 0 amide bonds. The summed E-state index contributed by atoms with van der Waals surface area (Å²) in [5.41, 5.74) is 4.02. The summed E-state index contributed by atoms with van der Waals surface area (Å²) in [4.78, 5) is 0. The molecule has 0 aliphatic heterocycles. The maximum absolute atomic E-state index is 4.48. The highest BCUT2D eigenvalue weighted by Gasteiger charge is 2.19. The van der Waals surface area contributed by atoms with Crippen LogP contribution in [0.3, 0.4) is 0 Å². The Balaban J connectivity index is 1.49. The van der Waals surface area contributed by atoms with Crippen molar-refractivity contribution in [2.75, 3.05) is 6.54 Å². The van der Waals surface area contributed by atoms with Crippen LogP contribution < -0.4 is 5.32 Å². The van der Waals surface area contributed by atoms with Crippen LogP contribution in [0.15, 0.2) is 36.7 Å². The van der Waals surface area contributed by atoms with Crippen molar-refractivity contribution in [1.29, 1.82) is 0 Å². The van der Waals surface area contributed by atoms with Crippen molar-refractivity contribution in [1.82, 2.24) is 15.1 Å². The van der Waals surface area contributed by atoms with Gasteiger partial charge in [0.25, 0.3) is 0 Å². The molecule has 1 saturated carbocycles. The summed E-state index contributed by atoms with van der Waals surface area (Å²) < 4.78 is 2.05. The Morgan fingerprint density at radius 2 is 2.15 bits per heavy atom. The summed E-state index contributed by atoms with van der Waals surface area (Å²) in [6.07, 6.45) is 9.25. The summed E-state index contributed by atoms with van der Waals surface area (Å²) in [5.74, 6) is 0. The highest BCUT2D eigenvalue weighted by molar-refractivity contribution is 5.25. The minimum Gasteiger partial charge on any atom is -0.314 e. The van der Waals surface area contributed by atoms with Crippen molar-refractivity contribution in [2.24, 2.45) is 0 Å². The van der Waals surface area contributed by atoms with E-state index in [0.29, 0.717) is 0 Å². The molecule has 3 heteroatoms. The SMILES string of the molecule is Cc1ccccc1Cn1cc(CCCNC2CC2)cn1. The van der Waals surface area contributed by atoms with Gasteiger partial charge in [0.05, 0.1) is 12.7 Å². The predicted octanol–water partition coefficient (Wildman–Crippen LogP) is 2.92.